The van der Waals surface area contributed by atoms with Crippen molar-refractivity contribution < 1.29 is 4.79 Å². The number of amides is 1. The van der Waals surface area contributed by atoms with E-state index in [0.29, 0.717) is 6.54 Å². The highest BCUT2D eigenvalue weighted by atomic mass is 16.2. The summed E-state index contributed by atoms with van der Waals surface area (Å²) in [5, 5.41) is 3.52. The van der Waals surface area contributed by atoms with E-state index in [1.165, 1.54) is 0 Å². The van der Waals surface area contributed by atoms with E-state index in [1.54, 1.807) is 4.90 Å². The molecule has 134 valence electrons. The first-order chi connectivity index (χ1) is 11.3. The fraction of sp³-hybridized carbons (Fsp3) is 0.632. The van der Waals surface area contributed by atoms with Crippen molar-refractivity contribution in [2.75, 3.05) is 57.0 Å². The first-order valence-electron chi connectivity index (χ1n) is 8.86. The van der Waals surface area contributed by atoms with E-state index >= 15 is 0 Å². The minimum atomic E-state index is 0.0741. The van der Waals surface area contributed by atoms with E-state index in [4.69, 9.17) is 0 Å². The molecule has 0 bridgehead atoms. The van der Waals surface area contributed by atoms with E-state index in [-0.39, 0.29) is 11.4 Å². The van der Waals surface area contributed by atoms with Gasteiger partial charge in [0.25, 0.3) is 0 Å². The molecule has 1 amide bonds. The number of nitrogens with one attached hydrogen (secondary N) is 1. The number of nitrogens with zero attached hydrogens (tertiary/aromatic N) is 3. The van der Waals surface area contributed by atoms with Gasteiger partial charge in [0, 0.05) is 50.1 Å². The van der Waals surface area contributed by atoms with Gasteiger partial charge in [-0.25, -0.2) is 0 Å². The van der Waals surface area contributed by atoms with Crippen LogP contribution in [0.4, 0.5) is 11.4 Å². The molecule has 1 aliphatic heterocycles. The molecule has 0 spiro atoms. The lowest BCUT2D eigenvalue weighted by Gasteiger charge is -2.32. The Labute approximate surface area is 146 Å². The van der Waals surface area contributed by atoms with Crippen molar-refractivity contribution >= 4 is 17.3 Å². The third kappa shape index (κ3) is 5.21. The summed E-state index contributed by atoms with van der Waals surface area (Å²) in [6.07, 6.45) is 1.05. The Morgan fingerprint density at radius 1 is 1.17 bits per heavy atom. The Hall–Kier alpha value is -1.59. The predicted octanol–water partition coefficient (Wildman–Crippen LogP) is 2.50. The molecular weight excluding hydrogens is 300 g/mol. The Balaban J connectivity index is 1.91. The number of likely N-dealkylation sites (N-methyl/N-ethyl adjacent to an activating group) is 2. The SMILES string of the molecule is CCC(C)(C)Nc1ccc(N(C)C(=O)CN2CCN(C)CC2)cc1. The fourth-order valence-electron chi connectivity index (χ4n) is 2.69. The molecule has 1 heterocycles. The van der Waals surface area contributed by atoms with Crippen molar-refractivity contribution in [3.63, 3.8) is 0 Å². The van der Waals surface area contributed by atoms with Crippen LogP contribution in [0.5, 0.6) is 0 Å². The van der Waals surface area contributed by atoms with E-state index in [9.17, 15) is 4.79 Å². The Morgan fingerprint density at radius 3 is 2.29 bits per heavy atom. The van der Waals surface area contributed by atoms with Gasteiger partial charge in [0.15, 0.2) is 0 Å². The number of anilines is 2. The lowest BCUT2D eigenvalue weighted by Crippen LogP contribution is -2.48. The van der Waals surface area contributed by atoms with E-state index in [0.717, 1.165) is 44.0 Å². The molecule has 2 rings (SSSR count). The predicted molar refractivity (Wildman–Crippen MR) is 102 cm³/mol. The van der Waals surface area contributed by atoms with Gasteiger partial charge in [0.1, 0.15) is 0 Å². The minimum absolute atomic E-state index is 0.0741. The van der Waals surface area contributed by atoms with Gasteiger partial charge < -0.3 is 15.1 Å². The third-order valence-electron chi connectivity index (χ3n) is 4.95. The van der Waals surface area contributed by atoms with E-state index < -0.39 is 0 Å². The van der Waals surface area contributed by atoms with Crippen molar-refractivity contribution in [2.45, 2.75) is 32.7 Å². The van der Waals surface area contributed by atoms with Gasteiger partial charge in [-0.05, 0) is 51.6 Å². The lowest BCUT2D eigenvalue weighted by atomic mass is 10.0. The number of rotatable bonds is 6. The highest BCUT2D eigenvalue weighted by molar-refractivity contribution is 5.94. The molecule has 0 radical (unpaired) electrons. The quantitative estimate of drug-likeness (QED) is 0.869. The minimum Gasteiger partial charge on any atom is -0.380 e. The number of carbonyl (C=O) groups excluding carboxylic acids is 1. The molecule has 0 aliphatic carbocycles. The maximum atomic E-state index is 12.5. The van der Waals surface area contributed by atoms with Crippen molar-refractivity contribution in [1.82, 2.24) is 9.80 Å². The Bertz CT molecular complexity index is 533. The third-order valence-corrected chi connectivity index (χ3v) is 4.95. The molecule has 5 nitrogen and oxygen atoms in total. The van der Waals surface area contributed by atoms with Crippen LogP contribution in [0.1, 0.15) is 27.2 Å². The maximum absolute atomic E-state index is 12.5. The largest absolute Gasteiger partial charge is 0.380 e. The second-order valence-electron chi connectivity index (χ2n) is 7.44. The van der Waals surface area contributed by atoms with Crippen LogP contribution in [-0.2, 0) is 4.79 Å². The van der Waals surface area contributed by atoms with Gasteiger partial charge in [0.2, 0.25) is 5.91 Å². The monoisotopic (exact) mass is 332 g/mol. The molecule has 0 atom stereocenters. The summed E-state index contributed by atoms with van der Waals surface area (Å²) in [4.78, 5) is 18.8. The number of piperazine rings is 1. The summed E-state index contributed by atoms with van der Waals surface area (Å²) < 4.78 is 0. The summed E-state index contributed by atoms with van der Waals surface area (Å²) in [5.41, 5.74) is 2.10. The molecule has 1 saturated heterocycles. The first-order valence-corrected chi connectivity index (χ1v) is 8.86. The van der Waals surface area contributed by atoms with Crippen molar-refractivity contribution in [3.05, 3.63) is 24.3 Å². The van der Waals surface area contributed by atoms with Crippen LogP contribution in [0, 0.1) is 0 Å². The van der Waals surface area contributed by atoms with Crippen molar-refractivity contribution in [2.24, 2.45) is 0 Å². The molecule has 0 saturated carbocycles. The van der Waals surface area contributed by atoms with Crippen LogP contribution in [0.3, 0.4) is 0 Å². The van der Waals surface area contributed by atoms with Crippen LogP contribution >= 0.6 is 0 Å². The first kappa shape index (κ1) is 18.7. The van der Waals surface area contributed by atoms with Crippen molar-refractivity contribution in [1.29, 1.82) is 0 Å². The average Bonchev–Trinajstić information content (AvgIpc) is 2.56. The molecule has 1 fully saturated rings. The zero-order chi connectivity index (χ0) is 17.7. The van der Waals surface area contributed by atoms with Crippen LogP contribution in [0.15, 0.2) is 24.3 Å². The highest BCUT2D eigenvalue weighted by Gasteiger charge is 2.19. The van der Waals surface area contributed by atoms with Gasteiger partial charge in [-0.1, -0.05) is 6.92 Å². The summed E-state index contributed by atoms with van der Waals surface area (Å²) in [6.45, 7) is 11.0. The molecule has 1 aliphatic rings. The number of benzene rings is 1. The van der Waals surface area contributed by atoms with Gasteiger partial charge >= 0.3 is 0 Å². The van der Waals surface area contributed by atoms with E-state index in [2.05, 4.69) is 42.9 Å². The topological polar surface area (TPSA) is 38.8 Å². The van der Waals surface area contributed by atoms with Gasteiger partial charge in [0.05, 0.1) is 6.54 Å². The highest BCUT2D eigenvalue weighted by Crippen LogP contribution is 2.21. The Morgan fingerprint density at radius 2 is 1.75 bits per heavy atom. The number of carbonyl (C=O) groups is 1. The van der Waals surface area contributed by atoms with Gasteiger partial charge in [-0.15, -0.1) is 0 Å². The molecule has 24 heavy (non-hydrogen) atoms. The standard InChI is InChI=1S/C19H32N4O/c1-6-19(2,3)20-16-7-9-17(10-8-16)22(5)18(24)15-23-13-11-21(4)12-14-23/h7-10,20H,6,11-15H2,1-5H3. The zero-order valence-corrected chi connectivity index (χ0v) is 15.8. The lowest BCUT2D eigenvalue weighted by molar-refractivity contribution is -0.119. The number of hydrogen-bond donors (Lipinski definition) is 1. The average molecular weight is 332 g/mol. The molecule has 5 heteroatoms. The summed E-state index contributed by atoms with van der Waals surface area (Å²) in [7, 11) is 3.98. The molecule has 0 unspecified atom stereocenters. The van der Waals surface area contributed by atoms with Gasteiger partial charge in [-0.3, -0.25) is 9.69 Å². The van der Waals surface area contributed by atoms with E-state index in [1.807, 2.05) is 31.3 Å². The fourth-order valence-corrected chi connectivity index (χ4v) is 2.69. The smallest absolute Gasteiger partial charge is 0.240 e. The summed E-state index contributed by atoms with van der Waals surface area (Å²) >= 11 is 0. The van der Waals surface area contributed by atoms with Crippen LogP contribution in [0.25, 0.3) is 0 Å². The van der Waals surface area contributed by atoms with Crippen LogP contribution < -0.4 is 10.2 Å². The molecular formula is C19H32N4O. The second-order valence-corrected chi connectivity index (χ2v) is 7.44. The normalized spacial score (nSPS) is 16.9. The molecule has 1 aromatic carbocycles. The molecule has 0 aromatic heterocycles. The maximum Gasteiger partial charge on any atom is 0.240 e. The molecule has 1 N–H and O–H groups in total. The van der Waals surface area contributed by atoms with Crippen LogP contribution in [0.2, 0.25) is 0 Å². The van der Waals surface area contributed by atoms with Crippen LogP contribution in [-0.4, -0.2) is 68.1 Å². The Kier molecular flexibility index (Phi) is 6.24. The molecule has 1 aromatic rings. The summed E-state index contributed by atoms with van der Waals surface area (Å²) in [6, 6.07) is 8.12. The second kappa shape index (κ2) is 7.99. The zero-order valence-electron chi connectivity index (χ0n) is 15.8. The summed E-state index contributed by atoms with van der Waals surface area (Å²) in [5.74, 6) is 0.147. The number of hydrogen-bond acceptors (Lipinski definition) is 4. The van der Waals surface area contributed by atoms with Gasteiger partial charge in [-0.2, -0.15) is 0 Å². The van der Waals surface area contributed by atoms with Crippen molar-refractivity contribution in [3.8, 4) is 0 Å².